The van der Waals surface area contributed by atoms with Crippen molar-refractivity contribution in [3.05, 3.63) is 461 Å². The fourth-order valence-electron chi connectivity index (χ4n) is 16.8. The summed E-state index contributed by atoms with van der Waals surface area (Å²) in [5, 5.41) is 6.38. The van der Waals surface area contributed by atoms with Crippen molar-refractivity contribution in [2.75, 3.05) is 0 Å². The van der Waals surface area contributed by atoms with Gasteiger partial charge in [-0.25, -0.2) is 43.7 Å². The Morgan fingerprint density at radius 1 is 0.144 bits per heavy atom. The Labute approximate surface area is 720 Å². The SMILES string of the molecule is Fc1ccc2c(c1)c1cc(F)ccc1n2-c1cccc(-c2cc(-c3ccccc3)nc(-c3ccccc3)c2)c1.c1ccc(-c2cc(-c3cccc(-c4ccc(-n5c6ccccc6c6ccccc65)cc4)n3)nc(-c3ccccc3)n2)cc1.c1ccc(-c2nc(-c3ccccc3)nc(-c3ccc(-c4cccc(-n5c6ccccc6c6ccccc65)c4)cc3)n2)cc1. The lowest BCUT2D eigenvalue weighted by Gasteiger charge is -2.13. The number of halogens is 2. The fraction of sp³-hybridized carbons (Fsp3) is 0. The molecule has 0 saturated carbocycles. The van der Waals surface area contributed by atoms with Crippen LogP contribution in [-0.4, -0.2) is 48.6 Å². The Balaban J connectivity index is 0.000000115. The van der Waals surface area contributed by atoms with E-state index in [1.807, 2.05) is 176 Å². The summed E-state index contributed by atoms with van der Waals surface area (Å²) in [7, 11) is 0. The van der Waals surface area contributed by atoms with Gasteiger partial charge in [0.15, 0.2) is 23.3 Å². The molecule has 7 heterocycles. The molecule has 16 aromatic carbocycles. The summed E-state index contributed by atoms with van der Waals surface area (Å²) in [6, 6.07) is 151. The zero-order chi connectivity index (χ0) is 83.5. The quantitative estimate of drug-likeness (QED) is 0.107. The van der Waals surface area contributed by atoms with Crippen molar-refractivity contribution in [3.63, 3.8) is 0 Å². The molecule has 0 aliphatic carbocycles. The van der Waals surface area contributed by atoms with Gasteiger partial charge in [0.1, 0.15) is 11.6 Å². The third-order valence-electron chi connectivity index (χ3n) is 22.8. The fourth-order valence-corrected chi connectivity index (χ4v) is 16.8. The van der Waals surface area contributed by atoms with Crippen LogP contribution in [0.1, 0.15) is 0 Å². The number of aromatic nitrogens is 10. The smallest absolute Gasteiger partial charge is 0.164 e. The monoisotopic (exact) mass is 1610 g/mol. The van der Waals surface area contributed by atoms with E-state index in [1.54, 1.807) is 12.1 Å². The van der Waals surface area contributed by atoms with Crippen LogP contribution >= 0.6 is 0 Å². The number of pyridine rings is 2. The maximum absolute atomic E-state index is 14.2. The molecule has 0 radical (unpaired) electrons. The van der Waals surface area contributed by atoms with E-state index in [0.29, 0.717) is 34.1 Å². The average molecular weight is 1610 g/mol. The molecule has 0 aliphatic heterocycles. The lowest BCUT2D eigenvalue weighted by atomic mass is 9.99. The molecule has 0 atom stereocenters. The molecule has 0 bridgehead atoms. The topological polar surface area (TPSA) is 105 Å². The minimum Gasteiger partial charge on any atom is -0.309 e. The van der Waals surface area contributed by atoms with Gasteiger partial charge >= 0.3 is 0 Å². The van der Waals surface area contributed by atoms with Crippen LogP contribution in [0.15, 0.2) is 449 Å². The molecular formula is C113H74F2N10. The highest BCUT2D eigenvalue weighted by molar-refractivity contribution is 6.11. The van der Waals surface area contributed by atoms with E-state index in [4.69, 9.17) is 34.9 Å². The van der Waals surface area contributed by atoms with Gasteiger partial charge in [-0.2, -0.15) is 0 Å². The summed E-state index contributed by atoms with van der Waals surface area (Å²) in [5.74, 6) is 1.95. The highest BCUT2D eigenvalue weighted by Crippen LogP contribution is 2.40. The lowest BCUT2D eigenvalue weighted by molar-refractivity contribution is 0.628. The first-order valence-electron chi connectivity index (χ1n) is 41.5. The molecule has 0 saturated heterocycles. The van der Waals surface area contributed by atoms with Crippen LogP contribution in [-0.2, 0) is 0 Å². The van der Waals surface area contributed by atoms with Gasteiger partial charge in [0.25, 0.3) is 0 Å². The van der Waals surface area contributed by atoms with Crippen LogP contribution in [0.2, 0.25) is 0 Å². The maximum atomic E-state index is 14.2. The third kappa shape index (κ3) is 15.2. The standard InChI is InChI=1S/2C39H26N4.C35H22F2N2/c1-3-12-28(13-4-1)37-40-38(29-14-5-2-6-15-29)42-39(41-37)30-24-22-27(23-25-30)31-16-11-17-32(26-31)43-35-20-9-7-18-33(35)34-19-8-10-21-36(34)43;1-3-12-27(13-4-1)35-26-36(42-39(41-35)29-14-5-2-6-15-29)34-19-11-18-33(40-34)28-22-24-30(25-23-28)43-37-20-9-7-16-31(37)32-17-8-10-21-38(32)43;36-27-14-16-34-30(21-27)31-22-28(37)15-17-35(31)39(34)29-13-7-12-25(18-29)26-19-32(23-8-3-1-4-9-23)38-33(20-26)24-10-5-2-6-11-24/h2*1-26H;1-22H. The van der Waals surface area contributed by atoms with Crippen LogP contribution in [0.5, 0.6) is 0 Å². The Morgan fingerprint density at radius 2 is 0.432 bits per heavy atom. The van der Waals surface area contributed by atoms with Crippen LogP contribution in [0.25, 0.3) is 207 Å². The molecule has 0 spiro atoms. The molecule has 7 aromatic heterocycles. The Bertz CT molecular complexity index is 7560. The van der Waals surface area contributed by atoms with Gasteiger partial charge < -0.3 is 13.7 Å². The van der Waals surface area contributed by atoms with Crippen molar-refractivity contribution in [2.24, 2.45) is 0 Å². The number of rotatable bonds is 14. The number of hydrogen-bond acceptors (Lipinski definition) is 7. The summed E-state index contributed by atoms with van der Waals surface area (Å²) < 4.78 is 35.2. The van der Waals surface area contributed by atoms with E-state index in [0.717, 1.165) is 129 Å². The minimum atomic E-state index is -0.349. The molecule has 10 nitrogen and oxygen atoms in total. The molecule has 0 fully saturated rings. The van der Waals surface area contributed by atoms with Crippen molar-refractivity contribution in [1.82, 2.24) is 48.6 Å². The van der Waals surface area contributed by atoms with Gasteiger partial charge in [0.2, 0.25) is 0 Å². The van der Waals surface area contributed by atoms with Gasteiger partial charge in [0, 0.05) is 93.9 Å². The second-order valence-corrected chi connectivity index (χ2v) is 30.6. The normalized spacial score (nSPS) is 11.3. The van der Waals surface area contributed by atoms with Crippen molar-refractivity contribution in [3.8, 4) is 141 Å². The molecular weight excluding hydrogens is 1540 g/mol. The van der Waals surface area contributed by atoms with E-state index >= 15 is 0 Å². The molecule has 0 aliphatic rings. The number of para-hydroxylation sites is 4. The zero-order valence-corrected chi connectivity index (χ0v) is 67.5. The second-order valence-electron chi connectivity index (χ2n) is 30.6. The largest absolute Gasteiger partial charge is 0.309 e. The van der Waals surface area contributed by atoms with E-state index < -0.39 is 0 Å². The summed E-state index contributed by atoms with van der Waals surface area (Å²) in [5.41, 5.74) is 27.1. The van der Waals surface area contributed by atoms with Crippen molar-refractivity contribution < 1.29 is 8.78 Å². The van der Waals surface area contributed by atoms with E-state index in [2.05, 4.69) is 250 Å². The lowest BCUT2D eigenvalue weighted by Crippen LogP contribution is -2.00. The van der Waals surface area contributed by atoms with Crippen molar-refractivity contribution >= 4 is 65.4 Å². The highest BCUT2D eigenvalue weighted by atomic mass is 19.1. The predicted molar refractivity (Wildman–Crippen MR) is 507 cm³/mol. The highest BCUT2D eigenvalue weighted by Gasteiger charge is 2.21. The molecule has 0 amide bonds. The van der Waals surface area contributed by atoms with E-state index in [1.165, 1.54) is 67.9 Å². The maximum Gasteiger partial charge on any atom is 0.164 e. The minimum absolute atomic E-state index is 0.349. The average Bonchev–Trinajstić information content (AvgIpc) is 1.62. The molecule has 23 rings (SSSR count). The number of benzene rings is 16. The van der Waals surface area contributed by atoms with Gasteiger partial charge in [-0.1, -0.05) is 322 Å². The van der Waals surface area contributed by atoms with E-state index in [9.17, 15) is 8.78 Å². The summed E-state index contributed by atoms with van der Waals surface area (Å²) >= 11 is 0. The molecule has 125 heavy (non-hydrogen) atoms. The molecule has 0 N–H and O–H groups in total. The van der Waals surface area contributed by atoms with Gasteiger partial charge in [-0.15, -0.1) is 0 Å². The molecule has 23 aromatic rings. The number of hydrogen-bond donors (Lipinski definition) is 0. The van der Waals surface area contributed by atoms with Gasteiger partial charge in [-0.05, 0) is 150 Å². The number of nitrogens with zero attached hydrogens (tertiary/aromatic N) is 10. The van der Waals surface area contributed by atoms with Gasteiger partial charge in [-0.3, -0.25) is 0 Å². The van der Waals surface area contributed by atoms with Crippen molar-refractivity contribution in [2.45, 2.75) is 0 Å². The number of fused-ring (bicyclic) bond motifs is 9. The molecule has 12 heteroatoms. The predicted octanol–water partition coefficient (Wildman–Crippen LogP) is 28.7. The Kier molecular flexibility index (Phi) is 20.2. The first-order valence-corrected chi connectivity index (χ1v) is 41.5. The Hall–Kier alpha value is -16.8. The van der Waals surface area contributed by atoms with Crippen LogP contribution in [0, 0.1) is 11.6 Å². The first kappa shape index (κ1) is 75.6. The third-order valence-corrected chi connectivity index (χ3v) is 22.8. The summed E-state index contributed by atoms with van der Waals surface area (Å²) in [6.45, 7) is 0. The van der Waals surface area contributed by atoms with Gasteiger partial charge in [0.05, 0.1) is 67.3 Å². The molecule has 590 valence electrons. The summed E-state index contributed by atoms with van der Waals surface area (Å²) in [6.07, 6.45) is 0. The Morgan fingerprint density at radius 3 is 0.856 bits per heavy atom. The molecule has 0 unspecified atom stereocenters. The van der Waals surface area contributed by atoms with Crippen LogP contribution < -0.4 is 0 Å². The first-order chi connectivity index (χ1) is 61.8. The van der Waals surface area contributed by atoms with Crippen LogP contribution in [0.4, 0.5) is 8.78 Å². The summed E-state index contributed by atoms with van der Waals surface area (Å²) in [4.78, 5) is 34.5. The van der Waals surface area contributed by atoms with Crippen molar-refractivity contribution in [1.29, 1.82) is 0 Å². The second kappa shape index (κ2) is 33.4. The zero-order valence-electron chi connectivity index (χ0n) is 67.5. The van der Waals surface area contributed by atoms with E-state index in [-0.39, 0.29) is 11.6 Å². The van der Waals surface area contributed by atoms with Crippen LogP contribution in [0.3, 0.4) is 0 Å².